The molecule has 7 heteroatoms. The number of piperidine rings is 1. The molecular formula is C21H33N3O4. The third-order valence-corrected chi connectivity index (χ3v) is 4.70. The fourth-order valence-corrected chi connectivity index (χ4v) is 3.20. The van der Waals surface area contributed by atoms with E-state index in [1.54, 1.807) is 11.0 Å². The molecule has 156 valence electrons. The number of hydrogen-bond acceptors (Lipinski definition) is 4. The number of carbonyl (C=O) groups excluding carboxylic acids is 2. The van der Waals surface area contributed by atoms with Crippen molar-refractivity contribution in [3.63, 3.8) is 0 Å². The van der Waals surface area contributed by atoms with Crippen molar-refractivity contribution in [2.45, 2.75) is 58.9 Å². The Morgan fingerprint density at radius 3 is 2.39 bits per heavy atom. The van der Waals surface area contributed by atoms with Gasteiger partial charge >= 0.3 is 6.03 Å². The summed E-state index contributed by atoms with van der Waals surface area (Å²) in [5, 5.41) is 6.00. The SMILES string of the molecule is CCCCC(=O)NC1CCN(C(=O)Nc2ccc(OCC)c(OCC)c2)CC1. The number of ether oxygens (including phenoxy) is 2. The Kier molecular flexibility index (Phi) is 8.91. The Bertz CT molecular complexity index is 643. The summed E-state index contributed by atoms with van der Waals surface area (Å²) in [6, 6.07) is 5.42. The van der Waals surface area contributed by atoms with Crippen LogP contribution >= 0.6 is 0 Å². The largest absolute Gasteiger partial charge is 0.490 e. The Hall–Kier alpha value is -2.44. The molecule has 28 heavy (non-hydrogen) atoms. The lowest BCUT2D eigenvalue weighted by Crippen LogP contribution is -2.47. The van der Waals surface area contributed by atoms with Gasteiger partial charge in [0.05, 0.1) is 13.2 Å². The maximum absolute atomic E-state index is 12.6. The number of nitrogens with one attached hydrogen (secondary N) is 2. The molecule has 1 aromatic rings. The van der Waals surface area contributed by atoms with Gasteiger partial charge in [-0.05, 0) is 45.2 Å². The zero-order valence-electron chi connectivity index (χ0n) is 17.3. The van der Waals surface area contributed by atoms with E-state index in [-0.39, 0.29) is 18.0 Å². The van der Waals surface area contributed by atoms with Gasteiger partial charge in [-0.15, -0.1) is 0 Å². The van der Waals surface area contributed by atoms with Crippen molar-refractivity contribution in [2.24, 2.45) is 0 Å². The highest BCUT2D eigenvalue weighted by molar-refractivity contribution is 5.89. The summed E-state index contributed by atoms with van der Waals surface area (Å²) in [4.78, 5) is 26.2. The summed E-state index contributed by atoms with van der Waals surface area (Å²) in [5.74, 6) is 1.40. The van der Waals surface area contributed by atoms with Crippen LogP contribution in [-0.4, -0.2) is 49.2 Å². The second-order valence-corrected chi connectivity index (χ2v) is 6.89. The molecule has 0 bridgehead atoms. The van der Waals surface area contributed by atoms with Crippen LogP contribution in [-0.2, 0) is 4.79 Å². The first kappa shape index (κ1) is 21.9. The van der Waals surface area contributed by atoms with Crippen molar-refractivity contribution < 1.29 is 19.1 Å². The van der Waals surface area contributed by atoms with Crippen LogP contribution in [0.3, 0.4) is 0 Å². The molecule has 0 spiro atoms. The van der Waals surface area contributed by atoms with E-state index in [0.717, 1.165) is 25.7 Å². The Morgan fingerprint density at radius 2 is 1.75 bits per heavy atom. The highest BCUT2D eigenvalue weighted by Gasteiger charge is 2.24. The fraction of sp³-hybridized carbons (Fsp3) is 0.619. The number of benzene rings is 1. The van der Waals surface area contributed by atoms with Gasteiger partial charge in [-0.3, -0.25) is 4.79 Å². The van der Waals surface area contributed by atoms with Crippen LogP contribution in [0.15, 0.2) is 18.2 Å². The van der Waals surface area contributed by atoms with E-state index < -0.39 is 0 Å². The third-order valence-electron chi connectivity index (χ3n) is 4.70. The summed E-state index contributed by atoms with van der Waals surface area (Å²) in [6.45, 7) is 8.23. The van der Waals surface area contributed by atoms with E-state index in [2.05, 4.69) is 17.6 Å². The number of carbonyl (C=O) groups is 2. The molecule has 0 atom stereocenters. The minimum atomic E-state index is -0.137. The van der Waals surface area contributed by atoms with Crippen LogP contribution in [0.4, 0.5) is 10.5 Å². The molecule has 2 N–H and O–H groups in total. The highest BCUT2D eigenvalue weighted by atomic mass is 16.5. The van der Waals surface area contributed by atoms with E-state index in [9.17, 15) is 9.59 Å². The first-order valence-corrected chi connectivity index (χ1v) is 10.3. The molecule has 7 nitrogen and oxygen atoms in total. The lowest BCUT2D eigenvalue weighted by Gasteiger charge is -2.32. The molecule has 0 aliphatic carbocycles. The van der Waals surface area contributed by atoms with E-state index in [4.69, 9.17) is 9.47 Å². The summed E-state index contributed by atoms with van der Waals surface area (Å²) in [7, 11) is 0. The number of unbranched alkanes of at least 4 members (excludes halogenated alkanes) is 1. The zero-order valence-corrected chi connectivity index (χ0v) is 17.3. The normalized spacial score (nSPS) is 14.5. The first-order valence-electron chi connectivity index (χ1n) is 10.3. The molecule has 0 radical (unpaired) electrons. The average Bonchev–Trinajstić information content (AvgIpc) is 2.69. The molecular weight excluding hydrogens is 358 g/mol. The molecule has 3 amide bonds. The molecule has 0 unspecified atom stereocenters. The number of urea groups is 1. The van der Waals surface area contributed by atoms with Gasteiger partial charge in [-0.25, -0.2) is 4.79 Å². The number of amides is 3. The minimum Gasteiger partial charge on any atom is -0.490 e. The lowest BCUT2D eigenvalue weighted by atomic mass is 10.0. The molecule has 1 heterocycles. The van der Waals surface area contributed by atoms with E-state index in [1.165, 1.54) is 0 Å². The van der Waals surface area contributed by atoms with Gasteiger partial charge < -0.3 is 25.0 Å². The number of anilines is 1. The minimum absolute atomic E-state index is 0.114. The van der Waals surface area contributed by atoms with Gasteiger partial charge in [-0.2, -0.15) is 0 Å². The molecule has 2 rings (SSSR count). The molecule has 1 saturated heterocycles. The Labute approximate surface area is 167 Å². The van der Waals surface area contributed by atoms with Gasteiger partial charge in [0.15, 0.2) is 11.5 Å². The van der Waals surface area contributed by atoms with Crippen LogP contribution in [0, 0.1) is 0 Å². The van der Waals surface area contributed by atoms with Crippen molar-refractivity contribution in [1.29, 1.82) is 0 Å². The molecule has 1 aromatic carbocycles. The number of likely N-dealkylation sites (tertiary alicyclic amines) is 1. The maximum Gasteiger partial charge on any atom is 0.321 e. The third kappa shape index (κ3) is 6.62. The zero-order chi connectivity index (χ0) is 20.4. The second-order valence-electron chi connectivity index (χ2n) is 6.89. The van der Waals surface area contributed by atoms with Crippen molar-refractivity contribution in [1.82, 2.24) is 10.2 Å². The van der Waals surface area contributed by atoms with Crippen LogP contribution < -0.4 is 20.1 Å². The van der Waals surface area contributed by atoms with Crippen LogP contribution in [0.1, 0.15) is 52.9 Å². The maximum atomic E-state index is 12.6. The lowest BCUT2D eigenvalue weighted by molar-refractivity contribution is -0.122. The monoisotopic (exact) mass is 391 g/mol. The number of hydrogen-bond donors (Lipinski definition) is 2. The summed E-state index contributed by atoms with van der Waals surface area (Å²) < 4.78 is 11.2. The smallest absolute Gasteiger partial charge is 0.321 e. The van der Waals surface area contributed by atoms with E-state index in [0.29, 0.717) is 49.9 Å². The number of nitrogens with zero attached hydrogens (tertiary/aromatic N) is 1. The topological polar surface area (TPSA) is 79.9 Å². The highest BCUT2D eigenvalue weighted by Crippen LogP contribution is 2.30. The Morgan fingerprint density at radius 1 is 1.07 bits per heavy atom. The average molecular weight is 392 g/mol. The number of rotatable bonds is 9. The quantitative estimate of drug-likeness (QED) is 0.671. The molecule has 1 aliphatic rings. The van der Waals surface area contributed by atoms with Gasteiger partial charge in [0.2, 0.25) is 5.91 Å². The van der Waals surface area contributed by atoms with E-state index >= 15 is 0 Å². The van der Waals surface area contributed by atoms with Crippen molar-refractivity contribution in [3.05, 3.63) is 18.2 Å². The van der Waals surface area contributed by atoms with Gasteiger partial charge in [0, 0.05) is 37.3 Å². The standard InChI is InChI=1S/C21H33N3O4/c1-4-7-8-20(25)22-16-11-13-24(14-12-16)21(26)23-17-9-10-18(27-5-2)19(15-17)28-6-3/h9-10,15-16H,4-8,11-14H2,1-3H3,(H,22,25)(H,23,26). The van der Waals surface area contributed by atoms with Crippen LogP contribution in [0.2, 0.25) is 0 Å². The summed E-state index contributed by atoms with van der Waals surface area (Å²) >= 11 is 0. The van der Waals surface area contributed by atoms with Gasteiger partial charge in [0.1, 0.15) is 0 Å². The van der Waals surface area contributed by atoms with Crippen molar-refractivity contribution in [2.75, 3.05) is 31.6 Å². The van der Waals surface area contributed by atoms with Crippen molar-refractivity contribution >= 4 is 17.6 Å². The van der Waals surface area contributed by atoms with Gasteiger partial charge in [-0.1, -0.05) is 13.3 Å². The van der Waals surface area contributed by atoms with Gasteiger partial charge in [0.25, 0.3) is 0 Å². The first-order chi connectivity index (χ1) is 13.6. The summed E-state index contributed by atoms with van der Waals surface area (Å²) in [6.07, 6.45) is 4.07. The predicted octanol–water partition coefficient (Wildman–Crippen LogP) is 3.79. The van der Waals surface area contributed by atoms with E-state index in [1.807, 2.05) is 26.0 Å². The second kappa shape index (κ2) is 11.4. The Balaban J connectivity index is 1.85. The van der Waals surface area contributed by atoms with Crippen molar-refractivity contribution in [3.8, 4) is 11.5 Å². The molecule has 0 aromatic heterocycles. The predicted molar refractivity (Wildman–Crippen MR) is 110 cm³/mol. The fourth-order valence-electron chi connectivity index (χ4n) is 3.20. The molecule has 0 saturated carbocycles. The van der Waals surface area contributed by atoms with Crippen LogP contribution in [0.25, 0.3) is 0 Å². The molecule has 1 aliphatic heterocycles. The molecule has 1 fully saturated rings. The summed E-state index contributed by atoms with van der Waals surface area (Å²) in [5.41, 5.74) is 0.673. The van der Waals surface area contributed by atoms with Crippen LogP contribution in [0.5, 0.6) is 11.5 Å².